The van der Waals surface area contributed by atoms with E-state index in [2.05, 4.69) is 28.5 Å². The van der Waals surface area contributed by atoms with Crippen molar-refractivity contribution in [2.75, 3.05) is 11.9 Å². The van der Waals surface area contributed by atoms with Crippen LogP contribution < -0.4 is 5.32 Å². The highest BCUT2D eigenvalue weighted by Gasteiger charge is 2.14. The standard InChI is InChI=1S/C27H24N2O2/c1-3-31-27(30)24(18-28-25-16-8-12-20-10-4-6-14-22(20)25)19(2)29-26-17-9-13-21-11-5-7-15-23(21)26/h4-18,29H,3H2,1-2H3/b24-19+,28-18?. The largest absolute Gasteiger partial charge is 0.462 e. The summed E-state index contributed by atoms with van der Waals surface area (Å²) >= 11 is 0. The Morgan fingerprint density at radius 2 is 1.48 bits per heavy atom. The van der Waals surface area contributed by atoms with Crippen LogP contribution >= 0.6 is 0 Å². The van der Waals surface area contributed by atoms with Crippen LogP contribution in [0.3, 0.4) is 0 Å². The number of hydrogen-bond donors (Lipinski definition) is 1. The van der Waals surface area contributed by atoms with Gasteiger partial charge in [-0.1, -0.05) is 72.8 Å². The number of anilines is 1. The summed E-state index contributed by atoms with van der Waals surface area (Å²) in [4.78, 5) is 17.4. The number of nitrogens with one attached hydrogen (secondary N) is 1. The van der Waals surface area contributed by atoms with Crippen molar-refractivity contribution in [1.82, 2.24) is 0 Å². The Labute approximate surface area is 181 Å². The van der Waals surface area contributed by atoms with Gasteiger partial charge in [-0.15, -0.1) is 0 Å². The molecule has 0 saturated carbocycles. The summed E-state index contributed by atoms with van der Waals surface area (Å²) in [5.74, 6) is -0.406. The summed E-state index contributed by atoms with van der Waals surface area (Å²) in [5.41, 5.74) is 2.80. The van der Waals surface area contributed by atoms with E-state index in [1.165, 1.54) is 0 Å². The average Bonchev–Trinajstić information content (AvgIpc) is 2.80. The maximum atomic E-state index is 12.7. The highest BCUT2D eigenvalue weighted by Crippen LogP contribution is 2.27. The number of ether oxygens (including phenoxy) is 1. The third-order valence-electron chi connectivity index (χ3n) is 5.11. The molecule has 1 N–H and O–H groups in total. The summed E-state index contributed by atoms with van der Waals surface area (Å²) < 4.78 is 5.30. The highest BCUT2D eigenvalue weighted by atomic mass is 16.5. The molecule has 0 heterocycles. The number of rotatable bonds is 6. The molecule has 0 unspecified atom stereocenters. The fourth-order valence-corrected chi connectivity index (χ4v) is 3.57. The first kappa shape index (κ1) is 20.4. The molecule has 0 fully saturated rings. The molecule has 0 aliphatic carbocycles. The third-order valence-corrected chi connectivity index (χ3v) is 5.11. The fraction of sp³-hybridized carbons (Fsp3) is 0.111. The molecule has 4 heteroatoms. The minimum atomic E-state index is -0.406. The van der Waals surface area contributed by atoms with Crippen molar-refractivity contribution in [1.29, 1.82) is 0 Å². The molecule has 0 radical (unpaired) electrons. The molecule has 4 aromatic carbocycles. The average molecular weight is 409 g/mol. The van der Waals surface area contributed by atoms with Crippen LogP contribution in [0.25, 0.3) is 21.5 Å². The maximum Gasteiger partial charge on any atom is 0.341 e. The molecular formula is C27H24N2O2. The van der Waals surface area contributed by atoms with E-state index in [4.69, 9.17) is 4.74 Å². The van der Waals surface area contributed by atoms with E-state index in [0.29, 0.717) is 17.9 Å². The lowest BCUT2D eigenvalue weighted by molar-refractivity contribution is -0.137. The van der Waals surface area contributed by atoms with Gasteiger partial charge in [0, 0.05) is 28.4 Å². The van der Waals surface area contributed by atoms with Crippen LogP contribution in [0.1, 0.15) is 13.8 Å². The van der Waals surface area contributed by atoms with Gasteiger partial charge in [0.15, 0.2) is 0 Å². The number of aliphatic imine (C=N–C) groups is 1. The van der Waals surface area contributed by atoms with E-state index in [9.17, 15) is 4.79 Å². The van der Waals surface area contributed by atoms with Gasteiger partial charge in [-0.25, -0.2) is 4.79 Å². The molecule has 154 valence electrons. The first-order chi connectivity index (χ1) is 15.2. The lowest BCUT2D eigenvalue weighted by atomic mass is 10.1. The van der Waals surface area contributed by atoms with Crippen molar-refractivity contribution < 1.29 is 9.53 Å². The van der Waals surface area contributed by atoms with Crippen molar-refractivity contribution in [3.63, 3.8) is 0 Å². The van der Waals surface area contributed by atoms with Gasteiger partial charge in [0.25, 0.3) is 0 Å². The Morgan fingerprint density at radius 1 is 0.871 bits per heavy atom. The van der Waals surface area contributed by atoms with Gasteiger partial charge in [0.1, 0.15) is 0 Å². The third kappa shape index (κ3) is 4.48. The summed E-state index contributed by atoms with van der Waals surface area (Å²) in [7, 11) is 0. The van der Waals surface area contributed by atoms with Crippen LogP contribution in [0.2, 0.25) is 0 Å². The number of benzene rings is 4. The van der Waals surface area contributed by atoms with E-state index < -0.39 is 5.97 Å². The van der Waals surface area contributed by atoms with E-state index in [1.807, 2.05) is 73.7 Å². The van der Waals surface area contributed by atoms with E-state index in [0.717, 1.165) is 32.9 Å². The number of allylic oxidation sites excluding steroid dienone is 1. The molecule has 0 amide bonds. The molecule has 0 atom stereocenters. The molecule has 0 aliphatic heterocycles. The molecule has 31 heavy (non-hydrogen) atoms. The van der Waals surface area contributed by atoms with Crippen molar-refractivity contribution in [2.45, 2.75) is 13.8 Å². The molecular weight excluding hydrogens is 384 g/mol. The zero-order valence-electron chi connectivity index (χ0n) is 17.6. The Morgan fingerprint density at radius 3 is 2.23 bits per heavy atom. The fourth-order valence-electron chi connectivity index (χ4n) is 3.57. The van der Waals surface area contributed by atoms with Gasteiger partial charge in [0.2, 0.25) is 0 Å². The SMILES string of the molecule is CCOC(=O)/C(C=Nc1cccc2ccccc12)=C(\C)Nc1cccc2ccccc12. The zero-order valence-corrected chi connectivity index (χ0v) is 17.6. The minimum Gasteiger partial charge on any atom is -0.462 e. The second-order valence-electron chi connectivity index (χ2n) is 7.17. The number of carbonyl (C=O) groups excluding carboxylic acids is 1. The lowest BCUT2D eigenvalue weighted by Crippen LogP contribution is -2.14. The van der Waals surface area contributed by atoms with Crippen LogP contribution in [-0.2, 0) is 9.53 Å². The minimum absolute atomic E-state index is 0.298. The van der Waals surface area contributed by atoms with Crippen LogP contribution in [0.5, 0.6) is 0 Å². The topological polar surface area (TPSA) is 50.7 Å². The smallest absolute Gasteiger partial charge is 0.341 e. The number of carbonyl (C=O) groups is 1. The second-order valence-corrected chi connectivity index (χ2v) is 7.17. The molecule has 0 aromatic heterocycles. The van der Waals surface area contributed by atoms with Gasteiger partial charge in [-0.3, -0.25) is 4.99 Å². The first-order valence-electron chi connectivity index (χ1n) is 10.3. The number of hydrogen-bond acceptors (Lipinski definition) is 4. The number of esters is 1. The molecule has 0 saturated heterocycles. The Kier molecular flexibility index (Phi) is 6.08. The van der Waals surface area contributed by atoms with Crippen molar-refractivity contribution in [3.8, 4) is 0 Å². The van der Waals surface area contributed by atoms with Gasteiger partial charge in [0.05, 0.1) is 17.9 Å². The molecule has 0 spiro atoms. The van der Waals surface area contributed by atoms with Crippen LogP contribution in [0.15, 0.2) is 101 Å². The summed E-state index contributed by atoms with van der Waals surface area (Å²) in [5, 5.41) is 7.73. The second kappa shape index (κ2) is 9.26. The van der Waals surface area contributed by atoms with E-state index in [-0.39, 0.29) is 0 Å². The molecule has 0 bridgehead atoms. The first-order valence-corrected chi connectivity index (χ1v) is 10.3. The molecule has 4 aromatic rings. The normalized spacial score (nSPS) is 12.2. The van der Waals surface area contributed by atoms with Crippen molar-refractivity contribution in [2.24, 2.45) is 4.99 Å². The highest BCUT2D eigenvalue weighted by molar-refractivity contribution is 6.12. The van der Waals surface area contributed by atoms with Gasteiger partial charge in [-0.05, 0) is 36.8 Å². The van der Waals surface area contributed by atoms with Gasteiger partial charge in [-0.2, -0.15) is 0 Å². The lowest BCUT2D eigenvalue weighted by Gasteiger charge is -2.13. The quantitative estimate of drug-likeness (QED) is 0.221. The predicted octanol–water partition coefficient (Wildman–Crippen LogP) is 6.64. The van der Waals surface area contributed by atoms with Crippen molar-refractivity contribution in [3.05, 3.63) is 96.2 Å². The molecule has 4 rings (SSSR count). The summed E-state index contributed by atoms with van der Waals surface area (Å²) in [6, 6.07) is 28.2. The monoisotopic (exact) mass is 408 g/mol. The number of fused-ring (bicyclic) bond motifs is 2. The number of nitrogens with zero attached hydrogens (tertiary/aromatic N) is 1. The Bertz CT molecular complexity index is 1290. The van der Waals surface area contributed by atoms with Gasteiger partial charge >= 0.3 is 5.97 Å². The summed E-state index contributed by atoms with van der Waals surface area (Å²) in [6.45, 7) is 3.96. The molecule has 0 aliphatic rings. The van der Waals surface area contributed by atoms with E-state index >= 15 is 0 Å². The summed E-state index contributed by atoms with van der Waals surface area (Å²) in [6.07, 6.45) is 1.59. The van der Waals surface area contributed by atoms with E-state index in [1.54, 1.807) is 13.1 Å². The predicted molar refractivity (Wildman–Crippen MR) is 129 cm³/mol. The Hall–Kier alpha value is -3.92. The van der Waals surface area contributed by atoms with Crippen LogP contribution in [0.4, 0.5) is 11.4 Å². The Balaban J connectivity index is 1.74. The van der Waals surface area contributed by atoms with Crippen LogP contribution in [0, 0.1) is 0 Å². The van der Waals surface area contributed by atoms with Gasteiger partial charge < -0.3 is 10.1 Å². The van der Waals surface area contributed by atoms with Crippen molar-refractivity contribution >= 4 is 45.1 Å². The van der Waals surface area contributed by atoms with Crippen LogP contribution in [-0.4, -0.2) is 18.8 Å². The zero-order chi connectivity index (χ0) is 21.6. The maximum absolute atomic E-state index is 12.7. The molecule has 4 nitrogen and oxygen atoms in total.